The van der Waals surface area contributed by atoms with Gasteiger partial charge in [0.2, 0.25) is 0 Å². The van der Waals surface area contributed by atoms with Gasteiger partial charge in [-0.05, 0) is 12.1 Å². The quantitative estimate of drug-likeness (QED) is 0.657. The lowest BCUT2D eigenvalue weighted by Gasteiger charge is -2.04. The van der Waals surface area contributed by atoms with Crippen molar-refractivity contribution in [1.82, 2.24) is 9.78 Å². The molecule has 0 saturated carbocycles. The summed E-state index contributed by atoms with van der Waals surface area (Å²) in [6, 6.07) is 5.39. The summed E-state index contributed by atoms with van der Waals surface area (Å²) in [5.41, 5.74) is 0.675. The predicted octanol–water partition coefficient (Wildman–Crippen LogP) is 1.69. The molecule has 0 radical (unpaired) electrons. The fraction of sp³-hybridized carbons (Fsp3) is 0.0909. The number of benzene rings is 1. The third kappa shape index (κ3) is 2.05. The Labute approximate surface area is 101 Å². The molecule has 2 aromatic rings. The number of hydrogen-bond donors (Lipinski definition) is 1. The van der Waals surface area contributed by atoms with Crippen molar-refractivity contribution in [2.24, 2.45) is 7.05 Å². The molecule has 1 aromatic carbocycles. The van der Waals surface area contributed by atoms with Crippen LogP contribution in [0, 0.1) is 10.1 Å². The zero-order valence-corrected chi connectivity index (χ0v) is 9.40. The molecule has 0 bridgehead atoms. The normalized spacial score (nSPS) is 10.3. The van der Waals surface area contributed by atoms with E-state index >= 15 is 0 Å². The third-order valence-corrected chi connectivity index (χ3v) is 2.49. The zero-order chi connectivity index (χ0) is 13.3. The van der Waals surface area contributed by atoms with Gasteiger partial charge in [-0.2, -0.15) is 5.10 Å². The summed E-state index contributed by atoms with van der Waals surface area (Å²) in [4.78, 5) is 21.1. The number of aryl methyl sites for hydroxylation is 1. The van der Waals surface area contributed by atoms with Gasteiger partial charge in [0, 0.05) is 30.9 Å². The van der Waals surface area contributed by atoms with Gasteiger partial charge in [0.1, 0.15) is 0 Å². The topological polar surface area (TPSA) is 98.3 Å². The Bertz CT molecular complexity index is 601. The molecule has 0 saturated heterocycles. The lowest BCUT2D eigenvalue weighted by Crippen LogP contribution is -2.01. The number of rotatable bonds is 3. The first-order valence-corrected chi connectivity index (χ1v) is 5.00. The molecular formula is C11H9N3O4. The second-order valence-corrected chi connectivity index (χ2v) is 3.67. The lowest BCUT2D eigenvalue weighted by molar-refractivity contribution is -0.384. The van der Waals surface area contributed by atoms with Gasteiger partial charge in [-0.1, -0.05) is 0 Å². The maximum Gasteiger partial charge on any atom is 0.335 e. The number of nitro benzene ring substituents is 1. The third-order valence-electron chi connectivity index (χ3n) is 2.49. The lowest BCUT2D eigenvalue weighted by atomic mass is 10.1. The maximum atomic E-state index is 10.9. The number of aromatic carboxylic acids is 1. The van der Waals surface area contributed by atoms with Crippen LogP contribution in [-0.4, -0.2) is 25.8 Å². The standard InChI is InChI=1S/C11H9N3O4/c1-13-10(2-3-12-13)7-4-8(11(15)16)6-9(5-7)14(17)18/h2-6H,1H3,(H,15,16). The number of carboxylic acid groups (broad SMARTS) is 1. The second kappa shape index (κ2) is 4.28. The first-order valence-electron chi connectivity index (χ1n) is 5.00. The Balaban J connectivity index is 2.64. The largest absolute Gasteiger partial charge is 0.478 e. The van der Waals surface area contributed by atoms with Crippen molar-refractivity contribution >= 4 is 11.7 Å². The van der Waals surface area contributed by atoms with E-state index in [0.717, 1.165) is 6.07 Å². The summed E-state index contributed by atoms with van der Waals surface area (Å²) in [5.74, 6) is -1.21. The molecule has 7 nitrogen and oxygen atoms in total. The molecule has 18 heavy (non-hydrogen) atoms. The van der Waals surface area contributed by atoms with E-state index in [4.69, 9.17) is 5.11 Å². The minimum absolute atomic E-state index is 0.125. The highest BCUT2D eigenvalue weighted by Gasteiger charge is 2.15. The fourth-order valence-electron chi connectivity index (χ4n) is 1.65. The minimum atomic E-state index is -1.21. The molecule has 0 amide bonds. The van der Waals surface area contributed by atoms with Gasteiger partial charge in [-0.25, -0.2) is 4.79 Å². The molecule has 1 heterocycles. The summed E-state index contributed by atoms with van der Waals surface area (Å²) < 4.78 is 1.52. The van der Waals surface area contributed by atoms with Crippen LogP contribution in [0.25, 0.3) is 11.3 Å². The van der Waals surface area contributed by atoms with Crippen LogP contribution in [0.5, 0.6) is 0 Å². The molecule has 2 rings (SSSR count). The number of non-ortho nitro benzene ring substituents is 1. The van der Waals surface area contributed by atoms with Crippen molar-refractivity contribution in [3.8, 4) is 11.3 Å². The van der Waals surface area contributed by atoms with Crippen LogP contribution < -0.4 is 0 Å². The SMILES string of the molecule is Cn1nccc1-c1cc(C(=O)O)cc([N+](=O)[O-])c1. The molecule has 0 atom stereocenters. The average Bonchev–Trinajstić information content (AvgIpc) is 2.74. The molecule has 0 unspecified atom stereocenters. The smallest absolute Gasteiger partial charge is 0.335 e. The first kappa shape index (κ1) is 11.8. The molecule has 0 spiro atoms. The summed E-state index contributed by atoms with van der Waals surface area (Å²) >= 11 is 0. The van der Waals surface area contributed by atoms with E-state index in [-0.39, 0.29) is 11.3 Å². The number of nitrogens with zero attached hydrogens (tertiary/aromatic N) is 3. The van der Waals surface area contributed by atoms with E-state index < -0.39 is 10.9 Å². The number of nitro groups is 1. The maximum absolute atomic E-state index is 10.9. The molecule has 1 aromatic heterocycles. The number of aromatic nitrogens is 2. The summed E-state index contributed by atoms with van der Waals surface area (Å²) in [6.07, 6.45) is 1.54. The van der Waals surface area contributed by atoms with Crippen LogP contribution in [0.2, 0.25) is 0 Å². The highest BCUT2D eigenvalue weighted by molar-refractivity contribution is 5.90. The fourth-order valence-corrected chi connectivity index (χ4v) is 1.65. The van der Waals surface area contributed by atoms with Crippen molar-refractivity contribution in [2.45, 2.75) is 0 Å². The Morgan fingerprint density at radius 1 is 1.44 bits per heavy atom. The van der Waals surface area contributed by atoms with Crippen molar-refractivity contribution in [2.75, 3.05) is 0 Å². The summed E-state index contributed by atoms with van der Waals surface area (Å²) in [6.45, 7) is 0. The van der Waals surface area contributed by atoms with Crippen LogP contribution in [0.1, 0.15) is 10.4 Å². The van der Waals surface area contributed by atoms with E-state index in [9.17, 15) is 14.9 Å². The highest BCUT2D eigenvalue weighted by atomic mass is 16.6. The monoisotopic (exact) mass is 247 g/mol. The molecule has 0 aliphatic carbocycles. The molecule has 0 fully saturated rings. The predicted molar refractivity (Wildman–Crippen MR) is 62.3 cm³/mol. The van der Waals surface area contributed by atoms with Gasteiger partial charge in [0.15, 0.2) is 0 Å². The summed E-state index contributed by atoms with van der Waals surface area (Å²) in [5, 5.41) is 23.7. The molecule has 92 valence electrons. The Morgan fingerprint density at radius 2 is 2.17 bits per heavy atom. The number of hydrogen-bond acceptors (Lipinski definition) is 4. The van der Waals surface area contributed by atoms with Crippen molar-refractivity contribution in [1.29, 1.82) is 0 Å². The van der Waals surface area contributed by atoms with Crippen molar-refractivity contribution in [3.63, 3.8) is 0 Å². The van der Waals surface area contributed by atoms with Crippen LogP contribution in [0.15, 0.2) is 30.5 Å². The van der Waals surface area contributed by atoms with Crippen molar-refractivity contribution in [3.05, 3.63) is 46.1 Å². The van der Waals surface area contributed by atoms with Gasteiger partial charge in [0.25, 0.3) is 5.69 Å². The van der Waals surface area contributed by atoms with Gasteiger partial charge in [-0.3, -0.25) is 14.8 Å². The number of carboxylic acids is 1. The van der Waals surface area contributed by atoms with E-state index in [0.29, 0.717) is 11.3 Å². The van der Waals surface area contributed by atoms with Crippen LogP contribution in [-0.2, 0) is 7.05 Å². The number of carbonyl (C=O) groups is 1. The van der Waals surface area contributed by atoms with Gasteiger partial charge in [0.05, 0.1) is 16.2 Å². The molecule has 0 aliphatic heterocycles. The van der Waals surface area contributed by atoms with Crippen molar-refractivity contribution < 1.29 is 14.8 Å². The Hall–Kier alpha value is -2.70. The van der Waals surface area contributed by atoms with Crippen LogP contribution in [0.3, 0.4) is 0 Å². The Morgan fingerprint density at radius 3 is 2.67 bits per heavy atom. The van der Waals surface area contributed by atoms with Gasteiger partial charge in [-0.15, -0.1) is 0 Å². The van der Waals surface area contributed by atoms with Crippen LogP contribution >= 0.6 is 0 Å². The summed E-state index contributed by atoms with van der Waals surface area (Å²) in [7, 11) is 1.68. The van der Waals surface area contributed by atoms with E-state index in [1.807, 2.05) is 0 Å². The van der Waals surface area contributed by atoms with Crippen LogP contribution in [0.4, 0.5) is 5.69 Å². The molecular weight excluding hydrogens is 238 g/mol. The average molecular weight is 247 g/mol. The van der Waals surface area contributed by atoms with E-state index in [1.54, 1.807) is 13.1 Å². The van der Waals surface area contributed by atoms with E-state index in [1.165, 1.54) is 23.0 Å². The highest BCUT2D eigenvalue weighted by Crippen LogP contribution is 2.25. The van der Waals surface area contributed by atoms with E-state index in [2.05, 4.69) is 5.10 Å². The molecule has 1 N–H and O–H groups in total. The van der Waals surface area contributed by atoms with Gasteiger partial charge >= 0.3 is 5.97 Å². The minimum Gasteiger partial charge on any atom is -0.478 e. The zero-order valence-electron chi connectivity index (χ0n) is 9.40. The molecule has 7 heteroatoms. The molecule has 0 aliphatic rings. The second-order valence-electron chi connectivity index (χ2n) is 3.67. The van der Waals surface area contributed by atoms with Gasteiger partial charge < -0.3 is 5.11 Å². The Kier molecular flexibility index (Phi) is 2.80. The first-order chi connectivity index (χ1) is 8.49.